The first kappa shape index (κ1) is 44.8. The third kappa shape index (κ3) is 7.90. The number of amides is 1. The number of nitrogens with two attached hydrogens (primary N) is 1. The molecule has 1 amide bonds. The summed E-state index contributed by atoms with van der Waals surface area (Å²) in [5, 5.41) is 39.2. The molecule has 0 heterocycles. The fraction of sp³-hybridized carbons (Fsp3) is 0.833. The fourth-order valence-electron chi connectivity index (χ4n) is 6.17. The number of primary amides is 1. The standard InChI is InChI=1S/C6H9N2OP.C6H7N2P.C6H8NO2P.6Y/c7-4(9)5-1-6(2-5,3-5)10-8;7-4-5-1-6(2-5,3-5)9-8;7-10-6-1-5(2-6,3-6)4(8)9;;;;;;/h8H,1-3H2,(H2,7,9);8H,1-3H2;7H,1-3H2,(H,8,9);;;;;;. The molecule has 17 heteroatoms. The van der Waals surface area contributed by atoms with Crippen molar-refractivity contribution in [2.75, 3.05) is 0 Å². The monoisotopic (exact) mass is 985 g/mol. The van der Waals surface area contributed by atoms with Gasteiger partial charge >= 0.3 is 5.97 Å². The number of hydrogen-bond acceptors (Lipinski definition) is 6. The number of nitriles is 1. The molecule has 0 aromatic carbocycles. The topological polar surface area (TPSA) is 176 Å². The van der Waals surface area contributed by atoms with Crippen molar-refractivity contribution >= 4 is 37.0 Å². The Kier molecular flexibility index (Phi) is 20.3. The average Bonchev–Trinajstić information content (AvgIpc) is 2.41. The van der Waals surface area contributed by atoms with E-state index in [1.165, 1.54) is 0 Å². The first-order chi connectivity index (χ1) is 13.5. The number of carboxylic acid groups (broad SMARTS) is 1. The van der Waals surface area contributed by atoms with Crippen molar-refractivity contribution in [3.63, 3.8) is 0 Å². The van der Waals surface area contributed by atoms with Crippen molar-refractivity contribution in [1.29, 1.82) is 20.7 Å². The molecule has 6 radical (unpaired) electrons. The SMILES string of the molecule is N#CC12CC(P=N)(C1)C2.N=PC12CC(C(=O)O)(C1)C2.N=PC12CC(C(N)=O)(C1)C2.[Y].[Y].[Y].[Y].[Y].[Y]. The van der Waals surface area contributed by atoms with E-state index in [1.54, 1.807) is 0 Å². The maximum absolute atomic E-state index is 10.8. The summed E-state index contributed by atoms with van der Waals surface area (Å²) in [4.78, 5) is 21.3. The number of rotatable bonds is 5. The van der Waals surface area contributed by atoms with Crippen molar-refractivity contribution in [2.45, 2.75) is 73.3 Å². The Morgan fingerprint density at radius 3 is 1.20 bits per heavy atom. The minimum atomic E-state index is -0.655. The third-order valence-corrected chi connectivity index (χ3v) is 10.8. The summed E-state index contributed by atoms with van der Waals surface area (Å²) in [5.74, 6) is -0.809. The van der Waals surface area contributed by atoms with Crippen LogP contribution in [0.25, 0.3) is 0 Å². The third-order valence-electron chi connectivity index (χ3n) is 7.93. The molecule has 6 bridgehead atoms. The van der Waals surface area contributed by atoms with Crippen LogP contribution in [0, 0.1) is 43.1 Å². The quantitative estimate of drug-likeness (QED) is 0.246. The molecule has 9 aliphatic carbocycles. The van der Waals surface area contributed by atoms with Crippen LogP contribution in [0.3, 0.4) is 0 Å². The van der Waals surface area contributed by atoms with Gasteiger partial charge in [-0.05, 0) is 57.8 Å². The molecule has 0 atom stereocenters. The van der Waals surface area contributed by atoms with Crippen LogP contribution in [-0.2, 0) is 206 Å². The van der Waals surface area contributed by atoms with Gasteiger partial charge < -0.3 is 10.8 Å². The van der Waals surface area contributed by atoms with E-state index in [0.29, 0.717) is 16.7 Å². The first-order valence-corrected chi connectivity index (χ1v) is 12.3. The van der Waals surface area contributed by atoms with Gasteiger partial charge in [-0.3, -0.25) is 25.1 Å². The van der Waals surface area contributed by atoms with E-state index in [1.807, 2.05) is 0 Å². The van der Waals surface area contributed by atoms with Gasteiger partial charge in [0, 0.05) is 237 Å². The van der Waals surface area contributed by atoms with Crippen LogP contribution in [-0.4, -0.2) is 32.5 Å². The van der Waals surface area contributed by atoms with E-state index < -0.39 is 5.97 Å². The first-order valence-electron chi connectivity index (χ1n) is 9.60. The summed E-state index contributed by atoms with van der Waals surface area (Å²) >= 11 is 0. The normalized spacial score (nSPS) is 42.0. The van der Waals surface area contributed by atoms with Gasteiger partial charge in [-0.25, -0.2) is 0 Å². The smallest absolute Gasteiger partial charge is 0.309 e. The van der Waals surface area contributed by atoms with Crippen LogP contribution < -0.4 is 5.73 Å². The van der Waals surface area contributed by atoms with Crippen LogP contribution in [0.2, 0.25) is 0 Å². The van der Waals surface area contributed by atoms with Gasteiger partial charge in [0.25, 0.3) is 0 Å². The van der Waals surface area contributed by atoms with Gasteiger partial charge in [0.15, 0.2) is 0 Å². The van der Waals surface area contributed by atoms with E-state index in [4.69, 9.17) is 31.6 Å². The predicted molar refractivity (Wildman–Crippen MR) is 108 cm³/mol. The minimum absolute atomic E-state index is 0. The van der Waals surface area contributed by atoms with Gasteiger partial charge in [0.2, 0.25) is 5.91 Å². The molecule has 35 heavy (non-hydrogen) atoms. The van der Waals surface area contributed by atoms with E-state index in [0.717, 1.165) is 66.2 Å². The van der Waals surface area contributed by atoms with Crippen molar-refractivity contribution in [1.82, 2.24) is 0 Å². The molecule has 9 rings (SSSR count). The molecular formula is C18H24N5O3P3Y6. The van der Waals surface area contributed by atoms with E-state index in [2.05, 4.69) is 6.07 Å². The molecule has 0 aromatic rings. The zero-order valence-electron chi connectivity index (χ0n) is 19.5. The Labute approximate surface area is 362 Å². The number of carbonyl (C=O) groups excluding carboxylic acids is 1. The molecule has 172 valence electrons. The van der Waals surface area contributed by atoms with Gasteiger partial charge in [0.05, 0.1) is 22.3 Å². The van der Waals surface area contributed by atoms with Gasteiger partial charge in [0.1, 0.15) is 0 Å². The number of hydrogen-bond donors (Lipinski definition) is 5. The van der Waals surface area contributed by atoms with Gasteiger partial charge in [-0.2, -0.15) is 5.26 Å². The fourth-order valence-corrected chi connectivity index (χ4v) is 9.60. The molecule has 9 saturated carbocycles. The molecule has 0 unspecified atom stereocenters. The second kappa shape index (κ2) is 15.9. The summed E-state index contributed by atoms with van der Waals surface area (Å²) in [6, 6.07) is 2.32. The summed E-state index contributed by atoms with van der Waals surface area (Å²) in [7, 11) is 2.09. The molecule has 0 aromatic heterocycles. The van der Waals surface area contributed by atoms with Crippen LogP contribution in [0.15, 0.2) is 0 Å². The van der Waals surface area contributed by atoms with Gasteiger partial charge in [-0.1, -0.05) is 0 Å². The Morgan fingerprint density at radius 2 is 0.971 bits per heavy atom. The second-order valence-electron chi connectivity index (χ2n) is 10.2. The summed E-state index contributed by atoms with van der Waals surface area (Å²) in [5.41, 5.74) is 4.69. The number of nitrogens with zero attached hydrogens (tertiary/aromatic N) is 1. The number of carbonyl (C=O) groups is 2. The molecule has 0 saturated heterocycles. The Bertz CT molecular complexity index is 813. The molecule has 8 nitrogen and oxygen atoms in total. The van der Waals surface area contributed by atoms with E-state index in [9.17, 15) is 9.59 Å². The van der Waals surface area contributed by atoms with Crippen LogP contribution in [0.5, 0.6) is 0 Å². The van der Waals surface area contributed by atoms with Gasteiger partial charge in [-0.15, -0.1) is 0 Å². The minimum Gasteiger partial charge on any atom is -0.481 e. The number of aliphatic carboxylic acids is 1. The van der Waals surface area contributed by atoms with Crippen molar-refractivity contribution in [2.24, 2.45) is 22.0 Å². The largest absolute Gasteiger partial charge is 0.481 e. The maximum atomic E-state index is 10.8. The zero-order valence-corrected chi connectivity index (χ0v) is 39.2. The van der Waals surface area contributed by atoms with Crippen molar-refractivity contribution in [3.05, 3.63) is 0 Å². The maximum Gasteiger partial charge on any atom is 0.309 e. The molecule has 0 spiro atoms. The molecule has 6 N–H and O–H groups in total. The number of carboxylic acids is 1. The van der Waals surface area contributed by atoms with Crippen LogP contribution in [0.1, 0.15) is 57.8 Å². The Morgan fingerprint density at radius 1 is 0.686 bits per heavy atom. The summed E-state index contributed by atoms with van der Waals surface area (Å²) in [6.45, 7) is 0. The van der Waals surface area contributed by atoms with E-state index in [-0.39, 0.29) is 234 Å². The molecule has 9 aliphatic rings. The van der Waals surface area contributed by atoms with E-state index >= 15 is 0 Å². The predicted octanol–water partition coefficient (Wildman–Crippen LogP) is 4.93. The molecular weight excluding hydrogens is 961 g/mol. The van der Waals surface area contributed by atoms with Crippen LogP contribution >= 0.6 is 25.1 Å². The zero-order chi connectivity index (χ0) is 21.3. The Balaban J connectivity index is -0.000000405. The summed E-state index contributed by atoms with van der Waals surface area (Å²) in [6.07, 6.45) is 7.88. The molecule has 0 aliphatic heterocycles. The second-order valence-corrected chi connectivity index (χ2v) is 13.7. The summed E-state index contributed by atoms with van der Waals surface area (Å²) < 4.78 is 0. The number of nitrogens with one attached hydrogen (secondary N) is 3. The van der Waals surface area contributed by atoms with Crippen molar-refractivity contribution in [3.8, 4) is 6.07 Å². The molecule has 9 fully saturated rings. The van der Waals surface area contributed by atoms with Crippen molar-refractivity contribution < 1.29 is 211 Å². The average molecular weight is 985 g/mol. The van der Waals surface area contributed by atoms with Crippen LogP contribution in [0.4, 0.5) is 0 Å². The Hall–Kier alpha value is 5.35.